The van der Waals surface area contributed by atoms with Gasteiger partial charge >= 0.3 is 0 Å². The summed E-state index contributed by atoms with van der Waals surface area (Å²) in [5.74, 6) is -0.0290. The summed E-state index contributed by atoms with van der Waals surface area (Å²) in [6, 6.07) is 7.57. The first-order valence-electron chi connectivity index (χ1n) is 8.56. The average Bonchev–Trinajstić information content (AvgIpc) is 2.85. The van der Waals surface area contributed by atoms with E-state index in [1.54, 1.807) is 18.7 Å². The third kappa shape index (κ3) is 5.30. The van der Waals surface area contributed by atoms with Crippen LogP contribution in [0.5, 0.6) is 0 Å². The van der Waals surface area contributed by atoms with Gasteiger partial charge in [0.05, 0.1) is 17.7 Å². The summed E-state index contributed by atoms with van der Waals surface area (Å²) in [6.45, 7) is 5.13. The molecule has 1 aliphatic rings. The number of hydrogen-bond donors (Lipinski definition) is 2. The van der Waals surface area contributed by atoms with Crippen molar-refractivity contribution in [2.75, 3.05) is 33.7 Å². The van der Waals surface area contributed by atoms with Crippen LogP contribution in [0.15, 0.2) is 24.3 Å². The fourth-order valence-corrected chi connectivity index (χ4v) is 3.19. The van der Waals surface area contributed by atoms with Gasteiger partial charge in [-0.05, 0) is 64.9 Å². The Labute approximate surface area is 144 Å². The van der Waals surface area contributed by atoms with Crippen molar-refractivity contribution in [1.82, 2.24) is 9.80 Å². The van der Waals surface area contributed by atoms with Crippen molar-refractivity contribution in [1.29, 1.82) is 0 Å². The first kappa shape index (κ1) is 18.9. The summed E-state index contributed by atoms with van der Waals surface area (Å²) in [4.78, 5) is 16.3. The van der Waals surface area contributed by atoms with Gasteiger partial charge in [0.2, 0.25) is 0 Å². The van der Waals surface area contributed by atoms with Gasteiger partial charge in [0.25, 0.3) is 5.91 Å². The monoisotopic (exact) mass is 334 g/mol. The van der Waals surface area contributed by atoms with E-state index in [0.717, 1.165) is 12.0 Å². The molecule has 1 aliphatic heterocycles. The number of likely N-dealkylation sites (tertiary alicyclic amines) is 1. The standard InChI is InChI=1S/C19H30N2O3/c1-18(2,23)10-9-15-5-7-16(8-6-15)17(22)21-12-11-19(24,14-21)13-20(3)4/h5-8,23-24H,9-14H2,1-4H3/t19-/m0/s1. The zero-order valence-electron chi connectivity index (χ0n) is 15.2. The topological polar surface area (TPSA) is 64.0 Å². The highest BCUT2D eigenvalue weighted by atomic mass is 16.3. The highest BCUT2D eigenvalue weighted by Crippen LogP contribution is 2.24. The molecule has 1 heterocycles. The number of nitrogens with zero attached hydrogens (tertiary/aromatic N) is 2. The van der Waals surface area contributed by atoms with E-state index in [0.29, 0.717) is 38.0 Å². The molecule has 5 heteroatoms. The molecule has 0 bridgehead atoms. The van der Waals surface area contributed by atoms with E-state index >= 15 is 0 Å². The van der Waals surface area contributed by atoms with Crippen molar-refractivity contribution < 1.29 is 15.0 Å². The second-order valence-corrected chi connectivity index (χ2v) is 7.95. The summed E-state index contributed by atoms with van der Waals surface area (Å²) in [5.41, 5.74) is 0.266. The molecule has 0 unspecified atom stereocenters. The van der Waals surface area contributed by atoms with Gasteiger partial charge in [-0.25, -0.2) is 0 Å². The molecule has 1 amide bonds. The second kappa shape index (κ2) is 7.21. The van der Waals surface area contributed by atoms with Gasteiger partial charge in [0.15, 0.2) is 0 Å². The molecule has 0 saturated carbocycles. The zero-order chi connectivity index (χ0) is 18.0. The van der Waals surface area contributed by atoms with E-state index in [1.165, 1.54) is 0 Å². The molecule has 1 saturated heterocycles. The highest BCUT2D eigenvalue weighted by Gasteiger charge is 2.38. The molecule has 0 aromatic heterocycles. The van der Waals surface area contributed by atoms with Crippen molar-refractivity contribution in [3.8, 4) is 0 Å². The van der Waals surface area contributed by atoms with Crippen LogP contribution in [0.4, 0.5) is 0 Å². The Morgan fingerprint density at radius 2 is 1.92 bits per heavy atom. The molecule has 2 N–H and O–H groups in total. The minimum atomic E-state index is -0.814. The molecule has 2 rings (SSSR count). The number of β-amino-alcohol motifs (C(OH)–C–C–N with tert-alkyl or cyclic N) is 1. The smallest absolute Gasteiger partial charge is 0.253 e. The first-order chi connectivity index (χ1) is 11.1. The van der Waals surface area contributed by atoms with Crippen molar-refractivity contribution in [2.45, 2.75) is 44.3 Å². The van der Waals surface area contributed by atoms with E-state index in [1.807, 2.05) is 43.3 Å². The Kier molecular flexibility index (Phi) is 5.68. The van der Waals surface area contributed by atoms with Gasteiger partial charge in [-0.2, -0.15) is 0 Å². The van der Waals surface area contributed by atoms with Crippen LogP contribution in [0.25, 0.3) is 0 Å². The average molecular weight is 334 g/mol. The fourth-order valence-electron chi connectivity index (χ4n) is 3.19. The summed E-state index contributed by atoms with van der Waals surface area (Å²) < 4.78 is 0. The molecular formula is C19H30N2O3. The molecular weight excluding hydrogens is 304 g/mol. The molecule has 1 aromatic rings. The summed E-state index contributed by atoms with van der Waals surface area (Å²) in [6.07, 6.45) is 2.08. The number of carbonyl (C=O) groups is 1. The van der Waals surface area contributed by atoms with Crippen LogP contribution in [0.1, 0.15) is 42.6 Å². The molecule has 134 valence electrons. The minimum Gasteiger partial charge on any atom is -0.390 e. The molecule has 5 nitrogen and oxygen atoms in total. The highest BCUT2D eigenvalue weighted by molar-refractivity contribution is 5.94. The van der Waals surface area contributed by atoms with Crippen LogP contribution in [0, 0.1) is 0 Å². The van der Waals surface area contributed by atoms with Crippen molar-refractivity contribution in [2.24, 2.45) is 0 Å². The van der Waals surface area contributed by atoms with Crippen molar-refractivity contribution in [3.05, 3.63) is 35.4 Å². The predicted octanol–water partition coefficient (Wildman–Crippen LogP) is 1.53. The Hall–Kier alpha value is -1.43. The second-order valence-electron chi connectivity index (χ2n) is 7.95. The first-order valence-corrected chi connectivity index (χ1v) is 8.56. The zero-order valence-corrected chi connectivity index (χ0v) is 15.2. The summed E-state index contributed by atoms with van der Waals surface area (Å²) in [7, 11) is 3.85. The maximum atomic E-state index is 12.6. The Bertz CT molecular complexity index is 563. The molecule has 0 aliphatic carbocycles. The van der Waals surface area contributed by atoms with Crippen molar-refractivity contribution >= 4 is 5.91 Å². The van der Waals surface area contributed by atoms with Gasteiger partial charge in [-0.3, -0.25) is 4.79 Å². The van der Waals surface area contributed by atoms with Gasteiger partial charge in [-0.15, -0.1) is 0 Å². The lowest BCUT2D eigenvalue weighted by Gasteiger charge is -2.26. The number of carbonyl (C=O) groups excluding carboxylic acids is 1. The number of amides is 1. The van der Waals surface area contributed by atoms with Crippen LogP contribution in [-0.4, -0.2) is 70.9 Å². The quantitative estimate of drug-likeness (QED) is 0.828. The van der Waals surface area contributed by atoms with Crippen LogP contribution in [0.2, 0.25) is 0 Å². The number of aryl methyl sites for hydroxylation is 1. The largest absolute Gasteiger partial charge is 0.390 e. The third-order valence-corrected chi connectivity index (χ3v) is 4.46. The minimum absolute atomic E-state index is 0.0290. The number of likely N-dealkylation sites (N-methyl/N-ethyl adjacent to an activating group) is 1. The van der Waals surface area contributed by atoms with E-state index < -0.39 is 11.2 Å². The van der Waals surface area contributed by atoms with Crippen LogP contribution in [0.3, 0.4) is 0 Å². The Balaban J connectivity index is 1.96. The SMILES string of the molecule is CN(C)C[C@@]1(O)CCN(C(=O)c2ccc(CCC(C)(C)O)cc2)C1. The van der Waals surface area contributed by atoms with Gasteiger partial charge in [0.1, 0.15) is 0 Å². The van der Waals surface area contributed by atoms with Crippen molar-refractivity contribution in [3.63, 3.8) is 0 Å². The third-order valence-electron chi connectivity index (χ3n) is 4.46. The maximum absolute atomic E-state index is 12.6. The number of aliphatic hydroxyl groups is 2. The van der Waals surface area contributed by atoms with E-state index in [9.17, 15) is 15.0 Å². The fraction of sp³-hybridized carbons (Fsp3) is 0.632. The molecule has 24 heavy (non-hydrogen) atoms. The molecule has 1 atom stereocenters. The maximum Gasteiger partial charge on any atom is 0.253 e. The molecule has 0 spiro atoms. The molecule has 1 aromatic carbocycles. The summed E-state index contributed by atoms with van der Waals surface area (Å²) in [5, 5.41) is 20.3. The van der Waals surface area contributed by atoms with Gasteiger partial charge < -0.3 is 20.0 Å². The van der Waals surface area contributed by atoms with Gasteiger partial charge in [-0.1, -0.05) is 12.1 Å². The Morgan fingerprint density at radius 3 is 2.46 bits per heavy atom. The van der Waals surface area contributed by atoms with Gasteiger partial charge in [0, 0.05) is 18.7 Å². The van der Waals surface area contributed by atoms with E-state index in [2.05, 4.69) is 0 Å². The number of benzene rings is 1. The number of rotatable bonds is 6. The number of hydrogen-bond acceptors (Lipinski definition) is 4. The van der Waals surface area contributed by atoms with E-state index in [4.69, 9.17) is 0 Å². The lowest BCUT2D eigenvalue weighted by atomic mass is 9.98. The van der Waals surface area contributed by atoms with Crippen LogP contribution >= 0.6 is 0 Å². The predicted molar refractivity (Wildman–Crippen MR) is 95.1 cm³/mol. The van der Waals surface area contributed by atoms with Crippen LogP contribution in [-0.2, 0) is 6.42 Å². The summed E-state index contributed by atoms with van der Waals surface area (Å²) >= 11 is 0. The Morgan fingerprint density at radius 1 is 1.29 bits per heavy atom. The lowest BCUT2D eigenvalue weighted by molar-refractivity contribution is 0.0236. The molecule has 0 radical (unpaired) electrons. The molecule has 1 fully saturated rings. The normalized spacial score (nSPS) is 21.5. The van der Waals surface area contributed by atoms with E-state index in [-0.39, 0.29) is 5.91 Å². The van der Waals surface area contributed by atoms with Crippen LogP contribution < -0.4 is 0 Å². The lowest BCUT2D eigenvalue weighted by Crippen LogP contribution is -2.43.